The largest absolute Gasteiger partial charge is 0.497 e. The summed E-state index contributed by atoms with van der Waals surface area (Å²) < 4.78 is 11.6. The first-order valence-electron chi connectivity index (χ1n) is 10.2. The lowest BCUT2D eigenvalue weighted by molar-refractivity contribution is -0.119. The van der Waals surface area contributed by atoms with Crippen molar-refractivity contribution >= 4 is 39.0 Å². The van der Waals surface area contributed by atoms with Crippen molar-refractivity contribution in [1.29, 1.82) is 0 Å². The average molecular weight is 442 g/mol. The van der Waals surface area contributed by atoms with E-state index in [1.807, 2.05) is 0 Å². The third-order valence-electron chi connectivity index (χ3n) is 5.38. The van der Waals surface area contributed by atoms with Crippen LogP contribution >= 0.6 is 11.3 Å². The van der Waals surface area contributed by atoms with Crippen molar-refractivity contribution in [3.63, 3.8) is 0 Å². The van der Waals surface area contributed by atoms with Crippen molar-refractivity contribution in [2.45, 2.75) is 32.6 Å². The van der Waals surface area contributed by atoms with Crippen molar-refractivity contribution in [1.82, 2.24) is 9.78 Å². The number of fused-ring (bicyclic) bond motifs is 1. The van der Waals surface area contributed by atoms with Gasteiger partial charge in [-0.05, 0) is 31.9 Å². The van der Waals surface area contributed by atoms with E-state index in [-0.39, 0.29) is 29.5 Å². The lowest BCUT2D eigenvalue weighted by Crippen LogP contribution is -2.26. The van der Waals surface area contributed by atoms with E-state index >= 15 is 0 Å². The van der Waals surface area contributed by atoms with Gasteiger partial charge in [0.05, 0.1) is 24.8 Å². The van der Waals surface area contributed by atoms with Crippen LogP contribution in [0, 0.1) is 5.92 Å². The number of thiophene rings is 1. The van der Waals surface area contributed by atoms with Crippen LogP contribution in [0.4, 0.5) is 5.00 Å². The van der Waals surface area contributed by atoms with Gasteiger partial charge >= 0.3 is 5.97 Å². The summed E-state index contributed by atoms with van der Waals surface area (Å²) in [5, 5.41) is 9.91. The number of hydrogen-bond donors (Lipinski definition) is 1. The smallest absolute Gasteiger partial charge is 0.359 e. The van der Waals surface area contributed by atoms with E-state index in [1.165, 1.54) is 18.4 Å². The lowest BCUT2D eigenvalue weighted by Gasteiger charge is -2.12. The maximum atomic E-state index is 13.4. The van der Waals surface area contributed by atoms with Crippen molar-refractivity contribution in [2.75, 3.05) is 19.0 Å². The molecule has 4 rings (SSSR count). The van der Waals surface area contributed by atoms with Crippen molar-refractivity contribution in [3.05, 3.63) is 45.7 Å². The molecule has 31 heavy (non-hydrogen) atoms. The number of hydrogen-bond acceptors (Lipinski definition) is 7. The zero-order valence-electron chi connectivity index (χ0n) is 17.3. The number of aromatic nitrogens is 2. The van der Waals surface area contributed by atoms with Gasteiger partial charge in [-0.1, -0.05) is 18.9 Å². The van der Waals surface area contributed by atoms with E-state index in [4.69, 9.17) is 9.47 Å². The minimum atomic E-state index is -0.629. The third-order valence-corrected chi connectivity index (χ3v) is 6.28. The Bertz CT molecular complexity index is 1190. The van der Waals surface area contributed by atoms with E-state index in [2.05, 4.69) is 10.4 Å². The highest BCUT2D eigenvalue weighted by Gasteiger charge is 2.26. The van der Waals surface area contributed by atoms with Gasteiger partial charge < -0.3 is 14.8 Å². The molecule has 1 aliphatic rings. The molecule has 162 valence electrons. The molecule has 0 saturated heterocycles. The highest BCUT2D eigenvalue weighted by atomic mass is 32.1. The summed E-state index contributed by atoms with van der Waals surface area (Å²) in [5.74, 6) is -0.230. The van der Waals surface area contributed by atoms with Crippen LogP contribution in [0.15, 0.2) is 34.4 Å². The fourth-order valence-corrected chi connectivity index (χ4v) is 4.75. The van der Waals surface area contributed by atoms with Gasteiger partial charge in [0.2, 0.25) is 5.91 Å². The predicted octanol–water partition coefficient (Wildman–Crippen LogP) is 3.76. The first-order chi connectivity index (χ1) is 15.0. The van der Waals surface area contributed by atoms with Crippen LogP contribution in [-0.4, -0.2) is 35.4 Å². The molecule has 8 nitrogen and oxygen atoms in total. The Morgan fingerprint density at radius 3 is 2.77 bits per heavy atom. The minimum absolute atomic E-state index is 0.0249. The molecule has 0 unspecified atom stereocenters. The lowest BCUT2D eigenvalue weighted by atomic mass is 10.1. The van der Waals surface area contributed by atoms with E-state index in [9.17, 15) is 14.4 Å². The van der Waals surface area contributed by atoms with Crippen LogP contribution in [0.1, 0.15) is 43.1 Å². The van der Waals surface area contributed by atoms with Crippen LogP contribution in [0.2, 0.25) is 0 Å². The number of nitrogens with one attached hydrogen (secondary N) is 1. The Morgan fingerprint density at radius 1 is 1.29 bits per heavy atom. The zero-order chi connectivity index (χ0) is 22.0. The third kappa shape index (κ3) is 4.05. The number of amides is 1. The molecule has 0 radical (unpaired) electrons. The maximum Gasteiger partial charge on any atom is 0.359 e. The molecular weight excluding hydrogens is 418 g/mol. The maximum absolute atomic E-state index is 13.4. The van der Waals surface area contributed by atoms with E-state index in [0.717, 1.165) is 30.4 Å². The molecule has 1 N–H and O–H groups in total. The van der Waals surface area contributed by atoms with E-state index < -0.39 is 11.5 Å². The highest BCUT2D eigenvalue weighted by Crippen LogP contribution is 2.33. The SMILES string of the molecule is CCOC(=O)c1nn(-c2cccc(OC)c2)c(=O)c2c(NC(=O)C3CCCC3)scc12. The molecule has 1 amide bonds. The molecule has 0 bridgehead atoms. The fraction of sp³-hybridized carbons (Fsp3) is 0.364. The second-order valence-electron chi connectivity index (χ2n) is 7.31. The van der Waals surface area contributed by atoms with Crippen LogP contribution in [0.5, 0.6) is 5.75 Å². The van der Waals surface area contributed by atoms with Gasteiger partial charge in [-0.15, -0.1) is 11.3 Å². The normalized spacial score (nSPS) is 14.0. The Kier molecular flexibility index (Phi) is 6.03. The minimum Gasteiger partial charge on any atom is -0.497 e. The Balaban J connectivity index is 1.87. The van der Waals surface area contributed by atoms with Crippen molar-refractivity contribution in [3.8, 4) is 11.4 Å². The van der Waals surface area contributed by atoms with Gasteiger partial charge in [-0.2, -0.15) is 9.78 Å². The second kappa shape index (κ2) is 8.89. The standard InChI is InChI=1S/C22H23N3O5S/c1-3-30-22(28)18-16-12-31-20(23-19(26)13-7-4-5-8-13)17(16)21(27)25(24-18)14-9-6-10-15(11-14)29-2/h6,9-13H,3-5,7-8H2,1-2H3,(H,23,26). The molecule has 1 fully saturated rings. The summed E-state index contributed by atoms with van der Waals surface area (Å²) in [6.45, 7) is 1.88. The molecule has 1 saturated carbocycles. The average Bonchev–Trinajstić information content (AvgIpc) is 3.45. The van der Waals surface area contributed by atoms with Crippen molar-refractivity contribution in [2.24, 2.45) is 5.92 Å². The molecule has 1 aliphatic carbocycles. The van der Waals surface area contributed by atoms with E-state index in [0.29, 0.717) is 21.8 Å². The first-order valence-corrected chi connectivity index (χ1v) is 11.1. The fourth-order valence-electron chi connectivity index (χ4n) is 3.81. The van der Waals surface area contributed by atoms with Gasteiger partial charge in [-0.3, -0.25) is 9.59 Å². The molecule has 2 aromatic heterocycles. The number of carbonyl (C=O) groups excluding carboxylic acids is 2. The number of nitrogens with zero attached hydrogens (tertiary/aromatic N) is 2. The second-order valence-corrected chi connectivity index (χ2v) is 8.19. The van der Waals surface area contributed by atoms with Gasteiger partial charge in [-0.25, -0.2) is 4.79 Å². The molecule has 1 aromatic carbocycles. The van der Waals surface area contributed by atoms with Gasteiger partial charge in [0, 0.05) is 22.8 Å². The number of ether oxygens (including phenoxy) is 2. The zero-order valence-corrected chi connectivity index (χ0v) is 18.2. The highest BCUT2D eigenvalue weighted by molar-refractivity contribution is 7.16. The monoisotopic (exact) mass is 441 g/mol. The van der Waals surface area contributed by atoms with Crippen LogP contribution in [0.3, 0.4) is 0 Å². The summed E-state index contributed by atoms with van der Waals surface area (Å²) in [7, 11) is 1.53. The van der Waals surface area contributed by atoms with E-state index in [1.54, 1.807) is 36.6 Å². The molecule has 2 heterocycles. The van der Waals surface area contributed by atoms with Crippen LogP contribution in [0.25, 0.3) is 16.5 Å². The topological polar surface area (TPSA) is 99.5 Å². The number of anilines is 1. The summed E-state index contributed by atoms with van der Waals surface area (Å²) >= 11 is 1.21. The van der Waals surface area contributed by atoms with Crippen molar-refractivity contribution < 1.29 is 19.1 Å². The quantitative estimate of drug-likeness (QED) is 0.585. The summed E-state index contributed by atoms with van der Waals surface area (Å²) in [5.41, 5.74) is 0.0345. The van der Waals surface area contributed by atoms with Gasteiger partial charge in [0.1, 0.15) is 10.8 Å². The number of esters is 1. The summed E-state index contributed by atoms with van der Waals surface area (Å²) in [6.07, 6.45) is 3.75. The molecule has 0 atom stereocenters. The van der Waals surface area contributed by atoms with Crippen LogP contribution in [-0.2, 0) is 9.53 Å². The molecule has 9 heteroatoms. The first kappa shape index (κ1) is 21.0. The molecule has 0 spiro atoms. The van der Waals surface area contributed by atoms with Crippen LogP contribution < -0.4 is 15.6 Å². The summed E-state index contributed by atoms with van der Waals surface area (Å²) in [4.78, 5) is 38.7. The predicted molar refractivity (Wildman–Crippen MR) is 118 cm³/mol. The Labute approximate surface area is 182 Å². The Morgan fingerprint density at radius 2 is 2.06 bits per heavy atom. The number of carbonyl (C=O) groups is 2. The molecule has 0 aliphatic heterocycles. The number of methoxy groups -OCH3 is 1. The van der Waals surface area contributed by atoms with Gasteiger partial charge in [0.15, 0.2) is 5.69 Å². The number of benzene rings is 1. The van der Waals surface area contributed by atoms with Gasteiger partial charge in [0.25, 0.3) is 5.56 Å². The molecular formula is C22H23N3O5S. The molecule has 3 aromatic rings. The summed E-state index contributed by atoms with van der Waals surface area (Å²) in [6, 6.07) is 6.82. The number of rotatable bonds is 6. The Hall–Kier alpha value is -3.20.